The fourth-order valence-electron chi connectivity index (χ4n) is 1.49. The molecule has 0 aromatic heterocycles. The summed E-state index contributed by atoms with van der Waals surface area (Å²) in [4.78, 5) is 4.38. The quantitative estimate of drug-likeness (QED) is 0.799. The number of nitriles is 1. The van der Waals surface area contributed by atoms with Crippen LogP contribution in [0.3, 0.4) is 0 Å². The highest BCUT2D eigenvalue weighted by atomic mass is 32.2. The average Bonchev–Trinajstić information content (AvgIpc) is 2.81. The number of aliphatic imine (C=N–C) groups is 1. The summed E-state index contributed by atoms with van der Waals surface area (Å²) in [5.74, 6) is 1.03. The summed E-state index contributed by atoms with van der Waals surface area (Å²) in [6.45, 7) is 0.867. The predicted molar refractivity (Wildman–Crippen MR) is 67.6 cm³/mol. The summed E-state index contributed by atoms with van der Waals surface area (Å²) in [5, 5.41) is 9.96. The molecule has 0 aliphatic carbocycles. The van der Waals surface area contributed by atoms with Gasteiger partial charge in [0.1, 0.15) is 0 Å². The molecule has 0 N–H and O–H groups in total. The van der Waals surface area contributed by atoms with Gasteiger partial charge in [-0.15, -0.1) is 11.8 Å². The summed E-state index contributed by atoms with van der Waals surface area (Å²) in [5.41, 5.74) is 1.64. The van der Waals surface area contributed by atoms with Crippen LogP contribution in [0.5, 0.6) is 0 Å². The Bertz CT molecular complexity index is 434. The van der Waals surface area contributed by atoms with Gasteiger partial charge in [0.15, 0.2) is 0 Å². The smallest absolute Gasteiger partial charge is 0.0995 e. The van der Waals surface area contributed by atoms with Crippen molar-refractivity contribution in [1.29, 1.82) is 5.26 Å². The molecule has 1 aromatic rings. The lowest BCUT2D eigenvalue weighted by Crippen LogP contribution is -2.02. The Kier molecular flexibility index (Phi) is 3.34. The van der Waals surface area contributed by atoms with Crippen LogP contribution in [0, 0.1) is 11.3 Å². The Hall–Kier alpha value is -0.920. The van der Waals surface area contributed by atoms with Gasteiger partial charge < -0.3 is 0 Å². The van der Waals surface area contributed by atoms with Crippen molar-refractivity contribution in [3.8, 4) is 6.07 Å². The molecule has 1 aromatic carbocycles. The van der Waals surface area contributed by atoms with E-state index in [0.717, 1.165) is 22.9 Å². The maximum atomic E-state index is 8.98. The van der Waals surface area contributed by atoms with E-state index in [1.165, 1.54) is 0 Å². The zero-order valence-corrected chi connectivity index (χ0v) is 9.76. The molecule has 0 saturated carbocycles. The molecule has 1 heterocycles. The van der Waals surface area contributed by atoms with Crippen molar-refractivity contribution >= 4 is 29.4 Å². The van der Waals surface area contributed by atoms with Gasteiger partial charge in [-0.25, -0.2) is 0 Å². The van der Waals surface area contributed by atoms with E-state index in [4.69, 9.17) is 5.26 Å². The van der Waals surface area contributed by atoms with Gasteiger partial charge >= 0.3 is 0 Å². The summed E-state index contributed by atoms with van der Waals surface area (Å²) in [7, 11) is 0. The SMILES string of the molecule is N#Cc1ccccc1C(S)C1=NCCS1. The second kappa shape index (κ2) is 4.73. The lowest BCUT2D eigenvalue weighted by molar-refractivity contribution is 1.16. The van der Waals surface area contributed by atoms with E-state index >= 15 is 0 Å². The number of benzene rings is 1. The van der Waals surface area contributed by atoms with E-state index in [1.807, 2.05) is 24.3 Å². The molecule has 1 unspecified atom stereocenters. The number of nitrogens with zero attached hydrogens (tertiary/aromatic N) is 2. The van der Waals surface area contributed by atoms with E-state index in [2.05, 4.69) is 23.7 Å². The third-order valence-electron chi connectivity index (χ3n) is 2.22. The van der Waals surface area contributed by atoms with Crippen molar-refractivity contribution in [1.82, 2.24) is 0 Å². The minimum Gasteiger partial charge on any atom is -0.280 e. The molecular formula is C11H10N2S2. The molecule has 4 heteroatoms. The first-order valence-corrected chi connectivity index (χ1v) is 6.17. The highest BCUT2D eigenvalue weighted by Gasteiger charge is 2.19. The fourth-order valence-corrected chi connectivity index (χ4v) is 2.88. The lowest BCUT2D eigenvalue weighted by atomic mass is 10.1. The molecule has 0 bridgehead atoms. The van der Waals surface area contributed by atoms with Crippen LogP contribution in [0.25, 0.3) is 0 Å². The van der Waals surface area contributed by atoms with Crippen LogP contribution in [0.15, 0.2) is 29.3 Å². The number of hydrogen-bond acceptors (Lipinski definition) is 4. The predicted octanol–water partition coefficient (Wildman–Crippen LogP) is 2.67. The molecule has 0 spiro atoms. The maximum absolute atomic E-state index is 8.98. The van der Waals surface area contributed by atoms with Gasteiger partial charge in [0.05, 0.1) is 21.9 Å². The van der Waals surface area contributed by atoms with E-state index in [1.54, 1.807) is 11.8 Å². The first-order chi connectivity index (χ1) is 7.33. The summed E-state index contributed by atoms with van der Waals surface area (Å²) >= 11 is 6.26. The van der Waals surface area contributed by atoms with Crippen LogP contribution < -0.4 is 0 Å². The van der Waals surface area contributed by atoms with Crippen molar-refractivity contribution in [2.75, 3.05) is 12.3 Å². The first kappa shape index (κ1) is 10.6. The maximum Gasteiger partial charge on any atom is 0.0995 e. The van der Waals surface area contributed by atoms with Gasteiger partial charge in [-0.05, 0) is 11.6 Å². The van der Waals surface area contributed by atoms with Crippen LogP contribution in [0.4, 0.5) is 0 Å². The van der Waals surface area contributed by atoms with Gasteiger partial charge in [0.2, 0.25) is 0 Å². The van der Waals surface area contributed by atoms with Crippen molar-refractivity contribution in [2.24, 2.45) is 4.99 Å². The van der Waals surface area contributed by atoms with E-state index in [9.17, 15) is 0 Å². The molecule has 15 heavy (non-hydrogen) atoms. The Labute approximate surface area is 98.8 Å². The molecular weight excluding hydrogens is 224 g/mol. The highest BCUT2D eigenvalue weighted by Crippen LogP contribution is 2.31. The standard InChI is InChI=1S/C11H10N2S2/c12-7-8-3-1-2-4-9(8)10(14)11-13-5-6-15-11/h1-4,10,14H,5-6H2. The Morgan fingerprint density at radius 3 is 2.93 bits per heavy atom. The molecule has 2 nitrogen and oxygen atoms in total. The van der Waals surface area contributed by atoms with Gasteiger partial charge in [-0.3, -0.25) is 4.99 Å². The van der Waals surface area contributed by atoms with Gasteiger partial charge in [0, 0.05) is 12.3 Å². The van der Waals surface area contributed by atoms with Crippen molar-refractivity contribution in [3.63, 3.8) is 0 Å². The number of thiol groups is 1. The minimum absolute atomic E-state index is 0.0478. The Morgan fingerprint density at radius 1 is 1.47 bits per heavy atom. The first-order valence-electron chi connectivity index (χ1n) is 4.67. The third-order valence-corrected chi connectivity index (χ3v) is 3.96. The third kappa shape index (κ3) is 2.19. The number of thioether (sulfide) groups is 1. The largest absolute Gasteiger partial charge is 0.280 e. The minimum atomic E-state index is -0.0478. The molecule has 0 saturated heterocycles. The monoisotopic (exact) mass is 234 g/mol. The molecule has 2 rings (SSSR count). The van der Waals surface area contributed by atoms with Crippen LogP contribution in [-0.2, 0) is 0 Å². The van der Waals surface area contributed by atoms with Crippen molar-refractivity contribution in [3.05, 3.63) is 35.4 Å². The number of rotatable bonds is 2. The van der Waals surface area contributed by atoms with Crippen LogP contribution >= 0.6 is 24.4 Å². The zero-order chi connectivity index (χ0) is 10.7. The molecule has 0 radical (unpaired) electrons. The van der Waals surface area contributed by atoms with Gasteiger partial charge in [-0.2, -0.15) is 17.9 Å². The topological polar surface area (TPSA) is 36.1 Å². The molecule has 1 atom stereocenters. The second-order valence-electron chi connectivity index (χ2n) is 3.17. The second-order valence-corrected chi connectivity index (χ2v) is 4.80. The van der Waals surface area contributed by atoms with Crippen molar-refractivity contribution < 1.29 is 0 Å². The summed E-state index contributed by atoms with van der Waals surface area (Å²) in [6, 6.07) is 9.74. The number of hydrogen-bond donors (Lipinski definition) is 1. The van der Waals surface area contributed by atoms with Crippen molar-refractivity contribution in [2.45, 2.75) is 5.25 Å². The normalized spacial score (nSPS) is 16.9. The highest BCUT2D eigenvalue weighted by molar-refractivity contribution is 8.15. The summed E-state index contributed by atoms with van der Waals surface area (Å²) < 4.78 is 0. The fraction of sp³-hybridized carbons (Fsp3) is 0.273. The van der Waals surface area contributed by atoms with Crippen LogP contribution in [-0.4, -0.2) is 17.3 Å². The lowest BCUT2D eigenvalue weighted by Gasteiger charge is -2.11. The van der Waals surface area contributed by atoms with E-state index in [0.29, 0.717) is 5.56 Å². The average molecular weight is 234 g/mol. The Morgan fingerprint density at radius 2 is 2.27 bits per heavy atom. The van der Waals surface area contributed by atoms with Gasteiger partial charge in [0.25, 0.3) is 0 Å². The molecule has 76 valence electrons. The van der Waals surface area contributed by atoms with Gasteiger partial charge in [-0.1, -0.05) is 18.2 Å². The molecule has 0 fully saturated rings. The Balaban J connectivity index is 2.33. The molecule has 0 amide bonds. The summed E-state index contributed by atoms with van der Waals surface area (Å²) in [6.07, 6.45) is 0. The molecule has 1 aliphatic heterocycles. The van der Waals surface area contributed by atoms with Crippen LogP contribution in [0.2, 0.25) is 0 Å². The van der Waals surface area contributed by atoms with Crippen LogP contribution in [0.1, 0.15) is 16.4 Å². The van der Waals surface area contributed by atoms with E-state index in [-0.39, 0.29) is 5.25 Å². The zero-order valence-electron chi connectivity index (χ0n) is 8.05. The molecule has 1 aliphatic rings. The van der Waals surface area contributed by atoms with E-state index < -0.39 is 0 Å².